The Morgan fingerprint density at radius 2 is 1.95 bits per heavy atom. The molecule has 0 heterocycles. The number of halogens is 2. The van der Waals surface area contributed by atoms with Crippen molar-refractivity contribution in [3.05, 3.63) is 29.6 Å². The minimum atomic E-state index is -4.06. The van der Waals surface area contributed by atoms with Gasteiger partial charge in [0, 0.05) is 29.3 Å². The summed E-state index contributed by atoms with van der Waals surface area (Å²) in [5.41, 5.74) is -0.0190. The van der Waals surface area contributed by atoms with Crippen LogP contribution >= 0.6 is 10.7 Å². The van der Waals surface area contributed by atoms with Crippen molar-refractivity contribution in [1.29, 1.82) is 0 Å². The molecule has 1 rings (SSSR count). The van der Waals surface area contributed by atoms with Crippen LogP contribution in [0.3, 0.4) is 0 Å². The summed E-state index contributed by atoms with van der Waals surface area (Å²) >= 11 is 0. The number of benzene rings is 1. The number of carbonyl (C=O) groups is 1. The highest BCUT2D eigenvalue weighted by Crippen LogP contribution is 2.19. The number of nitrogens with zero attached hydrogens (tertiary/aromatic N) is 1. The van der Waals surface area contributed by atoms with Gasteiger partial charge in [-0.25, -0.2) is 12.8 Å². The van der Waals surface area contributed by atoms with E-state index in [0.717, 1.165) is 24.6 Å². The van der Waals surface area contributed by atoms with Gasteiger partial charge in [0.1, 0.15) is 5.82 Å². The molecule has 106 valence electrons. The largest absolute Gasteiger partial charge is 0.339 e. The van der Waals surface area contributed by atoms with Gasteiger partial charge in [0.25, 0.3) is 15.0 Å². The molecule has 4 nitrogen and oxygen atoms in total. The van der Waals surface area contributed by atoms with E-state index in [-0.39, 0.29) is 5.56 Å². The number of carbonyl (C=O) groups excluding carboxylic acids is 1. The number of hydrogen-bond donors (Lipinski definition) is 0. The predicted octanol–water partition coefficient (Wildman–Crippen LogP) is 2.63. The lowest BCUT2D eigenvalue weighted by Gasteiger charge is -2.20. The van der Waals surface area contributed by atoms with E-state index in [1.54, 1.807) is 6.92 Å². The molecule has 0 aliphatic heterocycles. The van der Waals surface area contributed by atoms with Crippen LogP contribution in [0.25, 0.3) is 0 Å². The summed E-state index contributed by atoms with van der Waals surface area (Å²) in [5, 5.41) is 0. The second-order valence-electron chi connectivity index (χ2n) is 4.00. The Kier molecular flexibility index (Phi) is 5.31. The van der Waals surface area contributed by atoms with Crippen molar-refractivity contribution in [2.24, 2.45) is 0 Å². The molecule has 19 heavy (non-hydrogen) atoms. The van der Waals surface area contributed by atoms with Gasteiger partial charge in [-0.15, -0.1) is 0 Å². The first kappa shape index (κ1) is 15.9. The molecule has 0 N–H and O–H groups in total. The smallest absolute Gasteiger partial charge is 0.261 e. The van der Waals surface area contributed by atoms with Crippen molar-refractivity contribution in [2.75, 3.05) is 13.1 Å². The van der Waals surface area contributed by atoms with Gasteiger partial charge in [-0.3, -0.25) is 4.79 Å². The van der Waals surface area contributed by atoms with Crippen LogP contribution in [-0.4, -0.2) is 32.3 Å². The van der Waals surface area contributed by atoms with E-state index >= 15 is 0 Å². The van der Waals surface area contributed by atoms with Crippen LogP contribution in [0.2, 0.25) is 0 Å². The van der Waals surface area contributed by atoms with Gasteiger partial charge in [-0.1, -0.05) is 6.92 Å². The summed E-state index contributed by atoms with van der Waals surface area (Å²) in [6.07, 6.45) is 0.759. The third-order valence-corrected chi connectivity index (χ3v) is 3.90. The Labute approximate surface area is 116 Å². The number of hydrogen-bond acceptors (Lipinski definition) is 3. The van der Waals surface area contributed by atoms with Gasteiger partial charge in [0.2, 0.25) is 0 Å². The lowest BCUT2D eigenvalue weighted by molar-refractivity contribution is 0.0763. The first-order valence-corrected chi connectivity index (χ1v) is 8.15. The molecular weight excluding hydrogens is 293 g/mol. The minimum absolute atomic E-state index is 0.0190. The maximum atomic E-state index is 13.4. The van der Waals surface area contributed by atoms with Gasteiger partial charge in [-0.05, 0) is 31.5 Å². The Balaban J connectivity index is 3.20. The summed E-state index contributed by atoms with van der Waals surface area (Å²) in [6.45, 7) is 4.70. The molecule has 1 aromatic carbocycles. The molecular formula is C12H15ClFNO3S. The minimum Gasteiger partial charge on any atom is -0.339 e. The zero-order chi connectivity index (χ0) is 14.6. The number of rotatable bonds is 5. The summed E-state index contributed by atoms with van der Waals surface area (Å²) in [5.74, 6) is -1.22. The maximum absolute atomic E-state index is 13.4. The Bertz CT molecular complexity index is 574. The molecule has 0 atom stereocenters. The molecule has 7 heteroatoms. The van der Waals surface area contributed by atoms with E-state index in [2.05, 4.69) is 0 Å². The zero-order valence-corrected chi connectivity index (χ0v) is 12.3. The Morgan fingerprint density at radius 3 is 2.42 bits per heavy atom. The molecule has 0 aliphatic rings. The van der Waals surface area contributed by atoms with Crippen LogP contribution in [0, 0.1) is 5.82 Å². The normalized spacial score (nSPS) is 11.4. The third kappa shape index (κ3) is 4.18. The fourth-order valence-electron chi connectivity index (χ4n) is 1.68. The third-order valence-electron chi connectivity index (χ3n) is 2.56. The lowest BCUT2D eigenvalue weighted by Crippen LogP contribution is -2.31. The summed E-state index contributed by atoms with van der Waals surface area (Å²) < 4.78 is 35.8. The predicted molar refractivity (Wildman–Crippen MR) is 71.3 cm³/mol. The SMILES string of the molecule is CCCN(CC)C(=O)c1cc(F)cc(S(=O)(=O)Cl)c1. The Morgan fingerprint density at radius 1 is 1.32 bits per heavy atom. The molecule has 0 saturated carbocycles. The Hall–Kier alpha value is -1.14. The van der Waals surface area contributed by atoms with E-state index < -0.39 is 25.7 Å². The molecule has 0 spiro atoms. The highest BCUT2D eigenvalue weighted by molar-refractivity contribution is 8.13. The lowest BCUT2D eigenvalue weighted by atomic mass is 10.2. The van der Waals surface area contributed by atoms with Gasteiger partial charge in [0.15, 0.2) is 0 Å². The van der Waals surface area contributed by atoms with Crippen molar-refractivity contribution in [1.82, 2.24) is 4.90 Å². The van der Waals surface area contributed by atoms with Gasteiger partial charge in [-0.2, -0.15) is 0 Å². The van der Waals surface area contributed by atoms with Crippen LogP contribution in [0.4, 0.5) is 4.39 Å². The second kappa shape index (κ2) is 6.34. The van der Waals surface area contributed by atoms with Crippen LogP contribution in [0.15, 0.2) is 23.1 Å². The fraction of sp³-hybridized carbons (Fsp3) is 0.417. The van der Waals surface area contributed by atoms with Gasteiger partial charge in [0.05, 0.1) is 4.90 Å². The molecule has 0 fully saturated rings. The van der Waals surface area contributed by atoms with E-state index in [1.165, 1.54) is 4.90 Å². The first-order chi connectivity index (χ1) is 8.79. The standard InChI is InChI=1S/C12H15ClFNO3S/c1-3-5-15(4-2)12(16)9-6-10(14)8-11(7-9)19(13,17)18/h6-8H,3-5H2,1-2H3. The average Bonchev–Trinajstić information content (AvgIpc) is 2.33. The topological polar surface area (TPSA) is 54.5 Å². The van der Waals surface area contributed by atoms with E-state index in [0.29, 0.717) is 13.1 Å². The number of amides is 1. The molecule has 0 unspecified atom stereocenters. The molecule has 0 bridgehead atoms. The molecule has 0 saturated heterocycles. The van der Waals surface area contributed by atoms with Gasteiger partial charge >= 0.3 is 0 Å². The van der Waals surface area contributed by atoms with E-state index in [4.69, 9.17) is 10.7 Å². The van der Waals surface area contributed by atoms with Crippen LogP contribution < -0.4 is 0 Å². The molecule has 0 aliphatic carbocycles. The molecule has 0 radical (unpaired) electrons. The van der Waals surface area contributed by atoms with Crippen LogP contribution in [0.1, 0.15) is 30.6 Å². The molecule has 1 amide bonds. The first-order valence-electron chi connectivity index (χ1n) is 5.84. The highest BCUT2D eigenvalue weighted by atomic mass is 35.7. The highest BCUT2D eigenvalue weighted by Gasteiger charge is 2.19. The maximum Gasteiger partial charge on any atom is 0.261 e. The fourth-order valence-corrected chi connectivity index (χ4v) is 2.47. The average molecular weight is 308 g/mol. The van der Waals surface area contributed by atoms with E-state index in [1.807, 2.05) is 6.92 Å². The summed E-state index contributed by atoms with van der Waals surface area (Å²) in [4.78, 5) is 13.2. The monoisotopic (exact) mass is 307 g/mol. The van der Waals surface area contributed by atoms with Crippen molar-refractivity contribution in [3.8, 4) is 0 Å². The quantitative estimate of drug-likeness (QED) is 0.786. The van der Waals surface area contributed by atoms with Crippen molar-refractivity contribution in [2.45, 2.75) is 25.2 Å². The van der Waals surface area contributed by atoms with Crippen LogP contribution in [0.5, 0.6) is 0 Å². The summed E-state index contributed by atoms with van der Waals surface area (Å²) in [7, 11) is 1.10. The van der Waals surface area contributed by atoms with Crippen molar-refractivity contribution >= 4 is 25.6 Å². The zero-order valence-electron chi connectivity index (χ0n) is 10.7. The molecule has 1 aromatic rings. The second-order valence-corrected chi connectivity index (χ2v) is 6.56. The van der Waals surface area contributed by atoms with Crippen molar-refractivity contribution < 1.29 is 17.6 Å². The van der Waals surface area contributed by atoms with Crippen molar-refractivity contribution in [3.63, 3.8) is 0 Å². The molecule has 0 aromatic heterocycles. The van der Waals surface area contributed by atoms with Crippen LogP contribution in [-0.2, 0) is 9.05 Å². The summed E-state index contributed by atoms with van der Waals surface area (Å²) in [6, 6.07) is 2.88. The van der Waals surface area contributed by atoms with Gasteiger partial charge < -0.3 is 4.90 Å². The van der Waals surface area contributed by atoms with E-state index in [9.17, 15) is 17.6 Å².